The Morgan fingerprint density at radius 1 is 1.12 bits per heavy atom. The average molecular weight is 254 g/mol. The number of benzene rings is 1. The van der Waals surface area contributed by atoms with Gasteiger partial charge in [-0.15, -0.1) is 12.4 Å². The first-order chi connectivity index (χ1) is 7.90. The van der Waals surface area contributed by atoms with Gasteiger partial charge in [0.15, 0.2) is 0 Å². The molecule has 0 aliphatic carbocycles. The Hall–Kier alpha value is -0.530. The van der Waals surface area contributed by atoms with Gasteiger partial charge in [0.05, 0.1) is 0 Å². The van der Waals surface area contributed by atoms with Crippen molar-refractivity contribution >= 4 is 12.4 Å². The van der Waals surface area contributed by atoms with Gasteiger partial charge in [-0.3, -0.25) is 0 Å². The molecule has 0 bridgehead atoms. The number of likely N-dealkylation sites (tertiary alicyclic amines) is 1. The summed E-state index contributed by atoms with van der Waals surface area (Å²) in [6, 6.07) is 11.7. The highest BCUT2D eigenvalue weighted by Gasteiger charge is 2.19. The van der Waals surface area contributed by atoms with E-state index in [-0.39, 0.29) is 12.4 Å². The second-order valence-electron chi connectivity index (χ2n) is 4.83. The predicted octanol–water partition coefficient (Wildman–Crippen LogP) is 3.92. The minimum absolute atomic E-state index is 0. The number of rotatable bonds is 5. The Labute approximate surface area is 112 Å². The van der Waals surface area contributed by atoms with Crippen LogP contribution in [-0.2, 0) is 6.42 Å². The van der Waals surface area contributed by atoms with Gasteiger partial charge in [0, 0.05) is 6.04 Å². The third kappa shape index (κ3) is 4.33. The summed E-state index contributed by atoms with van der Waals surface area (Å²) in [6.45, 7) is 4.98. The lowest BCUT2D eigenvalue weighted by molar-refractivity contribution is 0.224. The highest BCUT2D eigenvalue weighted by molar-refractivity contribution is 5.85. The van der Waals surface area contributed by atoms with Gasteiger partial charge in [-0.05, 0) is 50.8 Å². The molecule has 1 aromatic carbocycles. The molecule has 1 unspecified atom stereocenters. The van der Waals surface area contributed by atoms with Gasteiger partial charge in [-0.25, -0.2) is 0 Å². The van der Waals surface area contributed by atoms with Crippen LogP contribution >= 0.6 is 12.4 Å². The van der Waals surface area contributed by atoms with Crippen molar-refractivity contribution in [2.24, 2.45) is 0 Å². The van der Waals surface area contributed by atoms with E-state index in [1.807, 2.05) is 0 Å². The van der Waals surface area contributed by atoms with E-state index in [1.165, 1.54) is 50.8 Å². The van der Waals surface area contributed by atoms with Crippen molar-refractivity contribution in [3.8, 4) is 0 Å². The van der Waals surface area contributed by atoms with Crippen LogP contribution in [0.4, 0.5) is 0 Å². The van der Waals surface area contributed by atoms with E-state index in [1.54, 1.807) is 0 Å². The topological polar surface area (TPSA) is 3.24 Å². The quantitative estimate of drug-likeness (QED) is 0.769. The molecule has 1 fully saturated rings. The SMILES string of the molecule is CCC(CCc1ccccc1)N1CCCC1.Cl. The molecule has 0 amide bonds. The van der Waals surface area contributed by atoms with Crippen LogP contribution in [0.2, 0.25) is 0 Å². The van der Waals surface area contributed by atoms with Crippen molar-refractivity contribution < 1.29 is 0 Å². The third-order valence-electron chi connectivity index (χ3n) is 3.74. The van der Waals surface area contributed by atoms with Gasteiger partial charge in [0.1, 0.15) is 0 Å². The molecule has 0 spiro atoms. The molecule has 1 aromatic rings. The van der Waals surface area contributed by atoms with Crippen LogP contribution in [-0.4, -0.2) is 24.0 Å². The van der Waals surface area contributed by atoms with E-state index >= 15 is 0 Å². The molecule has 0 N–H and O–H groups in total. The molecule has 1 saturated heterocycles. The molecular weight excluding hydrogens is 230 g/mol. The van der Waals surface area contributed by atoms with Gasteiger partial charge < -0.3 is 4.90 Å². The van der Waals surface area contributed by atoms with Gasteiger partial charge in [0.2, 0.25) is 0 Å². The molecule has 1 aliphatic heterocycles. The maximum atomic E-state index is 2.68. The molecule has 1 atom stereocenters. The lowest BCUT2D eigenvalue weighted by Crippen LogP contribution is -2.32. The summed E-state index contributed by atoms with van der Waals surface area (Å²) in [5, 5.41) is 0. The zero-order valence-electron chi connectivity index (χ0n) is 10.8. The van der Waals surface area contributed by atoms with Crippen molar-refractivity contribution in [2.75, 3.05) is 13.1 Å². The maximum absolute atomic E-state index is 2.68. The minimum Gasteiger partial charge on any atom is -0.300 e. The highest BCUT2D eigenvalue weighted by atomic mass is 35.5. The summed E-state index contributed by atoms with van der Waals surface area (Å²) in [7, 11) is 0. The fourth-order valence-electron chi connectivity index (χ4n) is 2.73. The molecule has 0 radical (unpaired) electrons. The first-order valence-corrected chi connectivity index (χ1v) is 6.68. The highest BCUT2D eigenvalue weighted by Crippen LogP contribution is 2.18. The summed E-state index contributed by atoms with van der Waals surface area (Å²) in [4.78, 5) is 2.68. The molecular formula is C15H24ClN. The van der Waals surface area contributed by atoms with Crippen LogP contribution in [0.5, 0.6) is 0 Å². The van der Waals surface area contributed by atoms with Gasteiger partial charge in [0.25, 0.3) is 0 Å². The van der Waals surface area contributed by atoms with Crippen LogP contribution < -0.4 is 0 Å². The molecule has 0 aromatic heterocycles. The predicted molar refractivity (Wildman–Crippen MR) is 76.9 cm³/mol. The fraction of sp³-hybridized carbons (Fsp3) is 0.600. The first-order valence-electron chi connectivity index (χ1n) is 6.68. The lowest BCUT2D eigenvalue weighted by atomic mass is 10.0. The van der Waals surface area contributed by atoms with E-state index in [0.29, 0.717) is 0 Å². The zero-order valence-corrected chi connectivity index (χ0v) is 11.6. The molecule has 96 valence electrons. The van der Waals surface area contributed by atoms with E-state index < -0.39 is 0 Å². The van der Waals surface area contributed by atoms with E-state index in [4.69, 9.17) is 0 Å². The molecule has 0 saturated carbocycles. The summed E-state index contributed by atoms with van der Waals surface area (Å²) in [5.41, 5.74) is 1.49. The zero-order chi connectivity index (χ0) is 11.2. The average Bonchev–Trinajstić information content (AvgIpc) is 2.85. The van der Waals surface area contributed by atoms with Crippen molar-refractivity contribution in [1.29, 1.82) is 0 Å². The molecule has 17 heavy (non-hydrogen) atoms. The normalized spacial score (nSPS) is 17.7. The molecule has 2 heteroatoms. The Bertz CT molecular complexity index is 293. The van der Waals surface area contributed by atoms with Crippen molar-refractivity contribution in [3.63, 3.8) is 0 Å². The lowest BCUT2D eigenvalue weighted by Gasteiger charge is -2.26. The van der Waals surface area contributed by atoms with Crippen LogP contribution in [0.3, 0.4) is 0 Å². The summed E-state index contributed by atoms with van der Waals surface area (Å²) in [5.74, 6) is 0. The Morgan fingerprint density at radius 2 is 1.76 bits per heavy atom. The van der Waals surface area contributed by atoms with Gasteiger partial charge in [-0.1, -0.05) is 37.3 Å². The standard InChI is InChI=1S/C15H23N.ClH/c1-2-15(16-12-6-7-13-16)11-10-14-8-4-3-5-9-14;/h3-5,8-9,15H,2,6-7,10-13H2,1H3;1H. The summed E-state index contributed by atoms with van der Waals surface area (Å²) in [6.07, 6.45) is 6.66. The number of aryl methyl sites for hydroxylation is 1. The van der Waals surface area contributed by atoms with Crippen LogP contribution in [0.15, 0.2) is 30.3 Å². The summed E-state index contributed by atoms with van der Waals surface area (Å²) < 4.78 is 0. The fourth-order valence-corrected chi connectivity index (χ4v) is 2.73. The number of hydrogen-bond donors (Lipinski definition) is 0. The molecule has 1 aliphatic rings. The van der Waals surface area contributed by atoms with E-state index in [0.717, 1.165) is 6.04 Å². The van der Waals surface area contributed by atoms with Crippen LogP contribution in [0.25, 0.3) is 0 Å². The monoisotopic (exact) mass is 253 g/mol. The van der Waals surface area contributed by atoms with Crippen molar-refractivity contribution in [3.05, 3.63) is 35.9 Å². The molecule has 1 nitrogen and oxygen atoms in total. The Balaban J connectivity index is 0.00000144. The molecule has 2 rings (SSSR count). The number of hydrogen-bond acceptors (Lipinski definition) is 1. The second-order valence-corrected chi connectivity index (χ2v) is 4.83. The number of nitrogens with zero attached hydrogens (tertiary/aromatic N) is 1. The van der Waals surface area contributed by atoms with Crippen molar-refractivity contribution in [2.45, 2.75) is 45.1 Å². The number of halogens is 1. The van der Waals surface area contributed by atoms with Crippen LogP contribution in [0, 0.1) is 0 Å². The smallest absolute Gasteiger partial charge is 0.00957 e. The first kappa shape index (κ1) is 14.5. The van der Waals surface area contributed by atoms with Crippen molar-refractivity contribution in [1.82, 2.24) is 4.90 Å². The Kier molecular flexibility index (Phi) is 6.61. The third-order valence-corrected chi connectivity index (χ3v) is 3.74. The largest absolute Gasteiger partial charge is 0.300 e. The second kappa shape index (κ2) is 7.73. The molecule has 1 heterocycles. The minimum atomic E-state index is 0. The van der Waals surface area contributed by atoms with Crippen LogP contribution in [0.1, 0.15) is 38.2 Å². The Morgan fingerprint density at radius 3 is 2.35 bits per heavy atom. The summed E-state index contributed by atoms with van der Waals surface area (Å²) >= 11 is 0. The van der Waals surface area contributed by atoms with Gasteiger partial charge in [-0.2, -0.15) is 0 Å². The van der Waals surface area contributed by atoms with E-state index in [9.17, 15) is 0 Å². The maximum Gasteiger partial charge on any atom is 0.00957 e. The van der Waals surface area contributed by atoms with Gasteiger partial charge >= 0.3 is 0 Å². The van der Waals surface area contributed by atoms with E-state index in [2.05, 4.69) is 42.2 Å².